The van der Waals surface area contributed by atoms with Crippen molar-refractivity contribution in [2.24, 2.45) is 0 Å². The lowest BCUT2D eigenvalue weighted by Gasteiger charge is -2.20. The van der Waals surface area contributed by atoms with Crippen LogP contribution < -0.4 is 5.32 Å². The van der Waals surface area contributed by atoms with Gasteiger partial charge in [-0.15, -0.1) is 0 Å². The zero-order chi connectivity index (χ0) is 14.4. The van der Waals surface area contributed by atoms with Crippen LogP contribution in [-0.2, 0) is 6.42 Å². The molecule has 1 nitrogen and oxygen atoms in total. The third kappa shape index (κ3) is 4.06. The fourth-order valence-electron chi connectivity index (χ4n) is 2.24. The average molecular weight is 292 g/mol. The molecule has 0 aliphatic heterocycles. The molecule has 106 valence electrons. The van der Waals surface area contributed by atoms with Gasteiger partial charge in [-0.3, -0.25) is 0 Å². The summed E-state index contributed by atoms with van der Waals surface area (Å²) in [7, 11) is 0. The number of halogens is 2. The summed E-state index contributed by atoms with van der Waals surface area (Å²) in [4.78, 5) is 0. The highest BCUT2D eigenvalue weighted by Crippen LogP contribution is 2.24. The van der Waals surface area contributed by atoms with Crippen molar-refractivity contribution >= 4 is 11.6 Å². The summed E-state index contributed by atoms with van der Waals surface area (Å²) in [6.07, 6.45) is 1.78. The van der Waals surface area contributed by atoms with Crippen molar-refractivity contribution in [3.05, 3.63) is 70.5 Å². The van der Waals surface area contributed by atoms with E-state index in [0.717, 1.165) is 19.4 Å². The van der Waals surface area contributed by atoms with E-state index in [9.17, 15) is 4.39 Å². The van der Waals surface area contributed by atoms with Crippen LogP contribution in [0.1, 0.15) is 30.5 Å². The minimum absolute atomic E-state index is 0.0328. The van der Waals surface area contributed by atoms with Crippen molar-refractivity contribution < 1.29 is 4.39 Å². The molecule has 2 aromatic rings. The first-order chi connectivity index (χ1) is 9.70. The Kier molecular flexibility index (Phi) is 5.57. The highest BCUT2D eigenvalue weighted by molar-refractivity contribution is 6.30. The van der Waals surface area contributed by atoms with Crippen LogP contribution in [0, 0.1) is 5.82 Å². The Morgan fingerprint density at radius 1 is 1.15 bits per heavy atom. The van der Waals surface area contributed by atoms with E-state index in [-0.39, 0.29) is 11.9 Å². The summed E-state index contributed by atoms with van der Waals surface area (Å²) in [5.41, 5.74) is 1.86. The predicted molar refractivity (Wildman–Crippen MR) is 82.6 cm³/mol. The molecule has 0 aliphatic rings. The fourth-order valence-corrected chi connectivity index (χ4v) is 2.40. The monoisotopic (exact) mass is 291 g/mol. The fraction of sp³-hybridized carbons (Fsp3) is 0.294. The lowest BCUT2D eigenvalue weighted by Crippen LogP contribution is -2.25. The lowest BCUT2D eigenvalue weighted by molar-refractivity contribution is 0.497. The smallest absolute Gasteiger partial charge is 0.129 e. The summed E-state index contributed by atoms with van der Waals surface area (Å²) in [6, 6.07) is 15.0. The molecule has 0 radical (unpaired) electrons. The van der Waals surface area contributed by atoms with Gasteiger partial charge in [0.25, 0.3) is 0 Å². The number of nitrogens with one attached hydrogen (secondary N) is 1. The molecule has 0 fully saturated rings. The van der Waals surface area contributed by atoms with Gasteiger partial charge in [-0.05, 0) is 37.1 Å². The summed E-state index contributed by atoms with van der Waals surface area (Å²) in [6.45, 7) is 2.96. The maximum atomic E-state index is 14.1. The van der Waals surface area contributed by atoms with Gasteiger partial charge in [0.05, 0.1) is 0 Å². The van der Waals surface area contributed by atoms with Crippen LogP contribution in [-0.4, -0.2) is 6.54 Å². The quantitative estimate of drug-likeness (QED) is 0.809. The van der Waals surface area contributed by atoms with Gasteiger partial charge in [-0.1, -0.05) is 54.9 Å². The molecule has 1 N–H and O–H groups in total. The van der Waals surface area contributed by atoms with Crippen molar-refractivity contribution in [1.82, 2.24) is 5.32 Å². The van der Waals surface area contributed by atoms with Crippen molar-refractivity contribution in [3.63, 3.8) is 0 Å². The van der Waals surface area contributed by atoms with Crippen LogP contribution in [0.25, 0.3) is 0 Å². The van der Waals surface area contributed by atoms with Gasteiger partial charge in [-0.25, -0.2) is 4.39 Å². The summed E-state index contributed by atoms with van der Waals surface area (Å²) < 4.78 is 14.1. The van der Waals surface area contributed by atoms with Gasteiger partial charge in [-0.2, -0.15) is 0 Å². The van der Waals surface area contributed by atoms with E-state index < -0.39 is 0 Å². The molecular weight excluding hydrogens is 273 g/mol. The maximum Gasteiger partial charge on any atom is 0.129 e. The molecule has 3 heteroatoms. The zero-order valence-corrected chi connectivity index (χ0v) is 12.3. The van der Waals surface area contributed by atoms with Crippen LogP contribution in [0.4, 0.5) is 4.39 Å². The number of hydrogen-bond acceptors (Lipinski definition) is 1. The van der Waals surface area contributed by atoms with E-state index in [2.05, 4.69) is 24.4 Å². The van der Waals surface area contributed by atoms with E-state index in [1.165, 1.54) is 11.6 Å². The van der Waals surface area contributed by atoms with Crippen LogP contribution in [0.5, 0.6) is 0 Å². The van der Waals surface area contributed by atoms with Gasteiger partial charge < -0.3 is 5.32 Å². The predicted octanol–water partition coefficient (Wildman–Crippen LogP) is 4.76. The minimum atomic E-state index is -0.248. The maximum absolute atomic E-state index is 14.1. The first-order valence-corrected chi connectivity index (χ1v) is 7.30. The lowest BCUT2D eigenvalue weighted by atomic mass is 9.98. The molecule has 0 aliphatic carbocycles. The molecule has 0 saturated heterocycles. The van der Waals surface area contributed by atoms with Gasteiger partial charge in [0, 0.05) is 16.6 Å². The zero-order valence-electron chi connectivity index (χ0n) is 11.6. The van der Waals surface area contributed by atoms with Crippen molar-refractivity contribution in [3.8, 4) is 0 Å². The van der Waals surface area contributed by atoms with E-state index in [1.807, 2.05) is 18.2 Å². The molecule has 1 unspecified atom stereocenters. The Hall–Kier alpha value is -1.38. The number of benzene rings is 2. The Bertz CT molecular complexity index is 542. The SMILES string of the molecule is CCCNC(Cc1ccccc1)c1ccc(Cl)cc1F. The molecule has 0 saturated carbocycles. The van der Waals surface area contributed by atoms with E-state index >= 15 is 0 Å². The van der Waals surface area contributed by atoms with E-state index in [1.54, 1.807) is 12.1 Å². The Morgan fingerprint density at radius 2 is 1.90 bits per heavy atom. The van der Waals surface area contributed by atoms with Crippen molar-refractivity contribution in [2.45, 2.75) is 25.8 Å². The molecule has 2 aromatic carbocycles. The molecule has 20 heavy (non-hydrogen) atoms. The van der Waals surface area contributed by atoms with Gasteiger partial charge >= 0.3 is 0 Å². The topological polar surface area (TPSA) is 12.0 Å². The first kappa shape index (κ1) is 15.0. The minimum Gasteiger partial charge on any atom is -0.310 e. The second kappa shape index (κ2) is 7.41. The molecule has 0 amide bonds. The number of rotatable bonds is 6. The normalized spacial score (nSPS) is 12.3. The van der Waals surface area contributed by atoms with Crippen molar-refractivity contribution in [2.75, 3.05) is 6.54 Å². The molecule has 1 atom stereocenters. The van der Waals surface area contributed by atoms with Crippen LogP contribution >= 0.6 is 11.6 Å². The Morgan fingerprint density at radius 3 is 2.55 bits per heavy atom. The molecular formula is C17H19ClFN. The Balaban J connectivity index is 2.22. The highest BCUT2D eigenvalue weighted by atomic mass is 35.5. The second-order valence-electron chi connectivity index (χ2n) is 4.86. The van der Waals surface area contributed by atoms with Crippen LogP contribution in [0.3, 0.4) is 0 Å². The highest BCUT2D eigenvalue weighted by Gasteiger charge is 2.15. The summed E-state index contributed by atoms with van der Waals surface area (Å²) in [5.74, 6) is -0.248. The van der Waals surface area contributed by atoms with E-state index in [4.69, 9.17) is 11.6 Å². The first-order valence-electron chi connectivity index (χ1n) is 6.93. The third-order valence-corrected chi connectivity index (χ3v) is 3.50. The Labute approximate surface area is 124 Å². The average Bonchev–Trinajstić information content (AvgIpc) is 2.45. The van der Waals surface area contributed by atoms with Crippen LogP contribution in [0.2, 0.25) is 5.02 Å². The summed E-state index contributed by atoms with van der Waals surface area (Å²) in [5, 5.41) is 3.84. The van der Waals surface area contributed by atoms with Gasteiger partial charge in [0.15, 0.2) is 0 Å². The summed E-state index contributed by atoms with van der Waals surface area (Å²) >= 11 is 5.83. The molecule has 2 rings (SSSR count). The second-order valence-corrected chi connectivity index (χ2v) is 5.30. The van der Waals surface area contributed by atoms with E-state index in [0.29, 0.717) is 10.6 Å². The molecule has 0 aromatic heterocycles. The third-order valence-electron chi connectivity index (χ3n) is 3.26. The largest absolute Gasteiger partial charge is 0.310 e. The van der Waals surface area contributed by atoms with Crippen LogP contribution in [0.15, 0.2) is 48.5 Å². The van der Waals surface area contributed by atoms with Crippen molar-refractivity contribution in [1.29, 1.82) is 0 Å². The molecule has 0 heterocycles. The standard InChI is InChI=1S/C17H19ClFN/c1-2-10-20-17(11-13-6-4-3-5-7-13)15-9-8-14(18)12-16(15)19/h3-9,12,17,20H,2,10-11H2,1H3. The van der Waals surface area contributed by atoms with Gasteiger partial charge in [0.2, 0.25) is 0 Å². The molecule has 0 spiro atoms. The molecule has 0 bridgehead atoms. The number of hydrogen-bond donors (Lipinski definition) is 1. The van der Waals surface area contributed by atoms with Gasteiger partial charge in [0.1, 0.15) is 5.82 Å².